The van der Waals surface area contributed by atoms with Crippen LogP contribution in [0.3, 0.4) is 0 Å². The number of aryl methyl sites for hydroxylation is 3. The molecule has 0 aromatic heterocycles. The third-order valence-electron chi connectivity index (χ3n) is 8.85. The molecular weight excluding hydrogens is 548 g/mol. The molecule has 1 saturated heterocycles. The second-order valence-corrected chi connectivity index (χ2v) is 14.3. The molecule has 2 heterocycles. The summed E-state index contributed by atoms with van der Waals surface area (Å²) in [5.41, 5.74) is 4.52. The van der Waals surface area contributed by atoms with Gasteiger partial charge in [-0.05, 0) is 94.0 Å². The lowest BCUT2D eigenvalue weighted by Gasteiger charge is -2.42. The fourth-order valence-electron chi connectivity index (χ4n) is 6.30. The lowest BCUT2D eigenvalue weighted by Crippen LogP contribution is -2.50. The van der Waals surface area contributed by atoms with E-state index in [-0.39, 0.29) is 22.6 Å². The second kappa shape index (κ2) is 11.7. The Balaban J connectivity index is 1.41. The molecule has 2 N–H and O–H groups in total. The number of hydrogen-bond acceptors (Lipinski definition) is 6. The molecule has 42 heavy (non-hydrogen) atoms. The number of aliphatic hydroxyl groups excluding tert-OH is 1. The summed E-state index contributed by atoms with van der Waals surface area (Å²) in [5.74, 6) is -0.645. The van der Waals surface area contributed by atoms with Crippen LogP contribution < -0.4 is 10.1 Å². The third-order valence-corrected chi connectivity index (χ3v) is 10.6. The number of nitrogens with zero attached hydrogens (tertiary/aromatic N) is 1. The van der Waals surface area contributed by atoms with Crippen LogP contribution in [0.2, 0.25) is 0 Å². The largest absolute Gasteiger partial charge is 0.485 e. The van der Waals surface area contributed by atoms with Crippen molar-refractivity contribution in [3.63, 3.8) is 0 Å². The molecule has 0 spiro atoms. The van der Waals surface area contributed by atoms with Gasteiger partial charge in [-0.3, -0.25) is 4.79 Å². The van der Waals surface area contributed by atoms with E-state index in [1.807, 2.05) is 30.0 Å². The molecule has 3 aromatic rings. The molecule has 224 valence electrons. The van der Waals surface area contributed by atoms with Gasteiger partial charge in [0.1, 0.15) is 17.5 Å². The SMILES string of the molecule is CCc1ccc(S(=O)(=O)C[C@@H]2c3cc(C(=O)N4CCC[C@@H]4CNc4c(C)cccc4C)ccc3OC(C)(C)[C@H]2O)cc1. The first-order valence-corrected chi connectivity index (χ1v) is 16.5. The monoisotopic (exact) mass is 590 g/mol. The maximum Gasteiger partial charge on any atom is 0.254 e. The number of likely N-dealkylation sites (tertiary alicyclic amines) is 1. The van der Waals surface area contributed by atoms with Crippen molar-refractivity contribution in [2.24, 2.45) is 0 Å². The Hall–Kier alpha value is -3.36. The highest BCUT2D eigenvalue weighted by Crippen LogP contribution is 2.43. The zero-order valence-electron chi connectivity index (χ0n) is 25.2. The van der Waals surface area contributed by atoms with Crippen LogP contribution in [0.5, 0.6) is 5.75 Å². The lowest BCUT2D eigenvalue weighted by atomic mass is 9.82. The summed E-state index contributed by atoms with van der Waals surface area (Å²) < 4.78 is 33.2. The minimum atomic E-state index is -3.73. The van der Waals surface area contributed by atoms with Crippen LogP contribution in [-0.4, -0.2) is 60.9 Å². The summed E-state index contributed by atoms with van der Waals surface area (Å²) in [6.07, 6.45) is 1.56. The molecule has 3 aromatic carbocycles. The molecular formula is C34H42N2O5S. The number of nitrogens with one attached hydrogen (secondary N) is 1. The summed E-state index contributed by atoms with van der Waals surface area (Å²) >= 11 is 0. The molecule has 0 saturated carbocycles. The van der Waals surface area contributed by atoms with E-state index in [1.165, 1.54) is 11.1 Å². The van der Waals surface area contributed by atoms with E-state index in [9.17, 15) is 18.3 Å². The number of aliphatic hydroxyl groups is 1. The molecule has 1 fully saturated rings. The van der Waals surface area contributed by atoms with Gasteiger partial charge >= 0.3 is 0 Å². The maximum absolute atomic E-state index is 13.8. The molecule has 0 bridgehead atoms. The Bertz CT molecular complexity index is 1540. The summed E-state index contributed by atoms with van der Waals surface area (Å²) in [7, 11) is -3.73. The molecule has 5 rings (SSSR count). The normalized spacial score (nSPS) is 21.5. The van der Waals surface area contributed by atoms with Crippen LogP contribution in [0.25, 0.3) is 0 Å². The third kappa shape index (κ3) is 5.92. The predicted octanol–water partition coefficient (Wildman–Crippen LogP) is 5.67. The number of ether oxygens (including phenoxy) is 1. The number of amides is 1. The molecule has 3 atom stereocenters. The maximum atomic E-state index is 13.8. The molecule has 7 nitrogen and oxygen atoms in total. The van der Waals surface area contributed by atoms with E-state index in [0.717, 1.165) is 30.5 Å². The highest BCUT2D eigenvalue weighted by molar-refractivity contribution is 7.91. The summed E-state index contributed by atoms with van der Waals surface area (Å²) in [6.45, 7) is 11.0. The van der Waals surface area contributed by atoms with Crippen LogP contribution in [0.4, 0.5) is 5.69 Å². The smallest absolute Gasteiger partial charge is 0.254 e. The number of carbonyl (C=O) groups excluding carboxylic acids is 1. The van der Waals surface area contributed by atoms with Crippen molar-refractivity contribution >= 4 is 21.4 Å². The van der Waals surface area contributed by atoms with Gasteiger partial charge in [-0.2, -0.15) is 0 Å². The summed E-state index contributed by atoms with van der Waals surface area (Å²) in [5, 5.41) is 14.9. The number of hydrogen-bond donors (Lipinski definition) is 2. The van der Waals surface area contributed by atoms with Crippen molar-refractivity contribution < 1.29 is 23.1 Å². The number of fused-ring (bicyclic) bond motifs is 1. The number of carbonyl (C=O) groups is 1. The summed E-state index contributed by atoms with van der Waals surface area (Å²) in [6, 6.07) is 18.4. The van der Waals surface area contributed by atoms with Gasteiger partial charge in [-0.15, -0.1) is 0 Å². The number of benzene rings is 3. The Kier molecular flexibility index (Phi) is 8.41. The average Bonchev–Trinajstić information content (AvgIpc) is 3.43. The van der Waals surface area contributed by atoms with E-state index < -0.39 is 27.5 Å². The average molecular weight is 591 g/mol. The van der Waals surface area contributed by atoms with Gasteiger partial charge in [0, 0.05) is 41.9 Å². The predicted molar refractivity (Wildman–Crippen MR) is 166 cm³/mol. The Morgan fingerprint density at radius 2 is 1.76 bits per heavy atom. The van der Waals surface area contributed by atoms with Crippen LogP contribution in [0.15, 0.2) is 65.6 Å². The molecule has 0 radical (unpaired) electrons. The van der Waals surface area contributed by atoms with E-state index in [2.05, 4.69) is 31.3 Å². The molecule has 2 aliphatic rings. The van der Waals surface area contributed by atoms with Gasteiger partial charge in [0.2, 0.25) is 0 Å². The number of anilines is 1. The number of rotatable bonds is 8. The van der Waals surface area contributed by atoms with Crippen LogP contribution in [0, 0.1) is 13.8 Å². The van der Waals surface area contributed by atoms with Gasteiger partial charge in [0.25, 0.3) is 5.91 Å². The minimum Gasteiger partial charge on any atom is -0.485 e. The van der Waals surface area contributed by atoms with Gasteiger partial charge in [0.05, 0.1) is 10.6 Å². The van der Waals surface area contributed by atoms with Crippen molar-refractivity contribution in [3.05, 3.63) is 88.5 Å². The highest BCUT2D eigenvalue weighted by Gasteiger charge is 2.45. The van der Waals surface area contributed by atoms with E-state index in [1.54, 1.807) is 44.2 Å². The number of para-hydroxylation sites is 1. The van der Waals surface area contributed by atoms with Crippen molar-refractivity contribution in [2.45, 2.75) is 82.4 Å². The Morgan fingerprint density at radius 3 is 2.43 bits per heavy atom. The lowest BCUT2D eigenvalue weighted by molar-refractivity contribution is -0.0543. The topological polar surface area (TPSA) is 95.9 Å². The fraction of sp³-hybridized carbons (Fsp3) is 0.441. The van der Waals surface area contributed by atoms with Crippen LogP contribution in [-0.2, 0) is 16.3 Å². The zero-order chi connectivity index (χ0) is 30.2. The van der Waals surface area contributed by atoms with Crippen molar-refractivity contribution in [2.75, 3.05) is 24.2 Å². The first-order chi connectivity index (χ1) is 19.9. The van der Waals surface area contributed by atoms with Gasteiger partial charge in [0.15, 0.2) is 9.84 Å². The van der Waals surface area contributed by atoms with Crippen molar-refractivity contribution in [3.8, 4) is 5.75 Å². The molecule has 8 heteroatoms. The van der Waals surface area contributed by atoms with E-state index in [4.69, 9.17) is 4.74 Å². The quantitative estimate of drug-likeness (QED) is 0.351. The standard InChI is InChI=1S/C34H42N2O5S/c1-6-24-12-15-27(16-13-24)42(39,40)21-29-28-19-25(14-17-30(28)41-34(4,5)32(29)37)33(38)36-18-8-11-26(36)20-35-31-22(2)9-7-10-23(31)3/h7,9-10,12-17,19,26,29,32,35,37H,6,8,11,18,20-21H2,1-5H3/t26-,29-,32+/m1/s1. The Labute approximate surface area is 249 Å². The van der Waals surface area contributed by atoms with Crippen molar-refractivity contribution in [1.29, 1.82) is 0 Å². The van der Waals surface area contributed by atoms with Gasteiger partial charge < -0.3 is 20.1 Å². The molecule has 0 unspecified atom stereocenters. The van der Waals surface area contributed by atoms with Crippen LogP contribution >= 0.6 is 0 Å². The first-order valence-electron chi connectivity index (χ1n) is 14.8. The van der Waals surface area contributed by atoms with Gasteiger partial charge in [-0.25, -0.2) is 8.42 Å². The van der Waals surface area contributed by atoms with Crippen LogP contribution in [0.1, 0.15) is 72.1 Å². The molecule has 1 amide bonds. The minimum absolute atomic E-state index is 0.0376. The second-order valence-electron chi connectivity index (χ2n) is 12.2. The molecule has 0 aliphatic carbocycles. The first kappa shape index (κ1) is 30.1. The van der Waals surface area contributed by atoms with Gasteiger partial charge in [-0.1, -0.05) is 37.3 Å². The van der Waals surface area contributed by atoms with Crippen molar-refractivity contribution in [1.82, 2.24) is 4.90 Å². The van der Waals surface area contributed by atoms with E-state index in [0.29, 0.717) is 30.0 Å². The highest BCUT2D eigenvalue weighted by atomic mass is 32.2. The fourth-order valence-corrected chi connectivity index (χ4v) is 7.88. The molecule has 2 aliphatic heterocycles. The zero-order valence-corrected chi connectivity index (χ0v) is 26.0. The Morgan fingerprint density at radius 1 is 1.07 bits per heavy atom. The number of sulfone groups is 1. The van der Waals surface area contributed by atoms with E-state index >= 15 is 0 Å². The summed E-state index contributed by atoms with van der Waals surface area (Å²) in [4.78, 5) is 16.0.